The Hall–Kier alpha value is -4.26. The molecule has 3 aromatic rings. The van der Waals surface area contributed by atoms with E-state index in [1.165, 1.54) is 4.90 Å². The van der Waals surface area contributed by atoms with Gasteiger partial charge in [0.15, 0.2) is 18.2 Å². The predicted molar refractivity (Wildman–Crippen MR) is 150 cm³/mol. The van der Waals surface area contributed by atoms with E-state index in [2.05, 4.69) is 38.1 Å². The van der Waals surface area contributed by atoms with Gasteiger partial charge in [-0.3, -0.25) is 9.69 Å². The first-order chi connectivity index (χ1) is 20.1. The molecule has 2 aromatic heterocycles. The monoisotopic (exact) mass is 560 g/mol. The summed E-state index contributed by atoms with van der Waals surface area (Å²) in [5.41, 5.74) is 2.96. The lowest BCUT2D eigenvalue weighted by atomic mass is 10.1. The second-order valence-electron chi connectivity index (χ2n) is 10.0. The Morgan fingerprint density at radius 3 is 2.90 bits per heavy atom. The smallest absolute Gasteiger partial charge is 0.415 e. The van der Waals surface area contributed by atoms with E-state index in [9.17, 15) is 9.59 Å². The van der Waals surface area contributed by atoms with Crippen LogP contribution in [0, 0.1) is 0 Å². The van der Waals surface area contributed by atoms with Gasteiger partial charge in [0.25, 0.3) is 5.91 Å². The molecule has 2 atom stereocenters. The van der Waals surface area contributed by atoms with Crippen LogP contribution in [0.4, 0.5) is 16.4 Å². The molecule has 3 aliphatic rings. The standard InChI is InChI=1S/C29H32N6O6/c36-26-18-39-24-7-8-25(33-28(24)34-26)35-16-21(41-29(35)37)9-10-30-14-19-3-1-4-20(13-19)23-5-2-6-27(32-23)40-17-22-15-31-11-12-38-22/h1-8,13,21-22,30-31H,9-12,14-18H2,(H,33,34,36). The summed E-state index contributed by atoms with van der Waals surface area (Å²) in [6, 6.07) is 17.4. The molecule has 2 saturated heterocycles. The van der Waals surface area contributed by atoms with Gasteiger partial charge in [-0.2, -0.15) is 0 Å². The molecule has 1 aromatic carbocycles. The zero-order valence-corrected chi connectivity index (χ0v) is 22.5. The third-order valence-corrected chi connectivity index (χ3v) is 6.95. The highest BCUT2D eigenvalue weighted by Crippen LogP contribution is 2.30. The van der Waals surface area contributed by atoms with Crippen LogP contribution in [0.25, 0.3) is 11.3 Å². The summed E-state index contributed by atoms with van der Waals surface area (Å²) in [4.78, 5) is 34.6. The number of nitrogens with one attached hydrogen (secondary N) is 3. The molecule has 5 heterocycles. The molecule has 2 unspecified atom stereocenters. The van der Waals surface area contributed by atoms with E-state index in [1.807, 2.05) is 30.3 Å². The first-order valence-electron chi connectivity index (χ1n) is 13.7. The molecule has 0 radical (unpaired) electrons. The zero-order chi connectivity index (χ0) is 28.0. The van der Waals surface area contributed by atoms with E-state index in [0.717, 1.165) is 29.9 Å². The minimum absolute atomic E-state index is 0.0269. The topological polar surface area (TPSA) is 136 Å². The van der Waals surface area contributed by atoms with Crippen LogP contribution in [0.5, 0.6) is 11.6 Å². The third-order valence-electron chi connectivity index (χ3n) is 6.95. The normalized spacial score (nSPS) is 20.1. The number of pyridine rings is 2. The SMILES string of the molecule is O=C1COc2ccc(N3CC(CCNCc4cccc(-c5cccc(OCC6CNCCO6)n5)c4)OC3=O)nc2N1. The number of fused-ring (bicyclic) bond motifs is 1. The second-order valence-corrected chi connectivity index (χ2v) is 10.0. The van der Waals surface area contributed by atoms with Gasteiger partial charge in [-0.15, -0.1) is 0 Å². The van der Waals surface area contributed by atoms with E-state index in [0.29, 0.717) is 62.5 Å². The lowest BCUT2D eigenvalue weighted by molar-refractivity contribution is -0.118. The van der Waals surface area contributed by atoms with Crippen LogP contribution >= 0.6 is 0 Å². The number of ether oxygens (including phenoxy) is 4. The Morgan fingerprint density at radius 2 is 2.00 bits per heavy atom. The number of hydrogen-bond acceptors (Lipinski definition) is 10. The number of morpholine rings is 1. The number of cyclic esters (lactones) is 1. The van der Waals surface area contributed by atoms with Gasteiger partial charge in [0.2, 0.25) is 5.88 Å². The third kappa shape index (κ3) is 6.73. The van der Waals surface area contributed by atoms with Crippen molar-refractivity contribution in [2.24, 2.45) is 0 Å². The van der Waals surface area contributed by atoms with Gasteiger partial charge < -0.3 is 34.9 Å². The summed E-state index contributed by atoms with van der Waals surface area (Å²) < 4.78 is 22.5. The van der Waals surface area contributed by atoms with Crippen molar-refractivity contribution in [3.8, 4) is 22.9 Å². The highest BCUT2D eigenvalue weighted by atomic mass is 16.6. The van der Waals surface area contributed by atoms with E-state index in [-0.39, 0.29) is 24.7 Å². The molecule has 12 heteroatoms. The molecule has 0 aliphatic carbocycles. The Balaban J connectivity index is 0.981. The maximum Gasteiger partial charge on any atom is 0.415 e. The Bertz CT molecular complexity index is 1400. The summed E-state index contributed by atoms with van der Waals surface area (Å²) in [7, 11) is 0. The summed E-state index contributed by atoms with van der Waals surface area (Å²) in [5, 5.41) is 9.40. The Morgan fingerprint density at radius 1 is 1.07 bits per heavy atom. The summed E-state index contributed by atoms with van der Waals surface area (Å²) in [6.45, 7) is 4.45. The van der Waals surface area contributed by atoms with Crippen LogP contribution in [0.3, 0.4) is 0 Å². The van der Waals surface area contributed by atoms with Crippen molar-refractivity contribution < 1.29 is 28.5 Å². The van der Waals surface area contributed by atoms with Crippen molar-refractivity contribution in [3.63, 3.8) is 0 Å². The van der Waals surface area contributed by atoms with Crippen molar-refractivity contribution in [2.45, 2.75) is 25.2 Å². The molecule has 0 saturated carbocycles. The zero-order valence-electron chi connectivity index (χ0n) is 22.5. The molecule has 6 rings (SSSR count). The number of benzene rings is 1. The fourth-order valence-corrected chi connectivity index (χ4v) is 4.86. The summed E-state index contributed by atoms with van der Waals surface area (Å²) in [6.07, 6.45) is -0.0564. The molecule has 41 heavy (non-hydrogen) atoms. The summed E-state index contributed by atoms with van der Waals surface area (Å²) in [5.74, 6) is 1.49. The maximum atomic E-state index is 12.5. The number of amides is 2. The van der Waals surface area contributed by atoms with E-state index < -0.39 is 6.09 Å². The molecule has 12 nitrogen and oxygen atoms in total. The average Bonchev–Trinajstić information content (AvgIpc) is 3.39. The van der Waals surface area contributed by atoms with Gasteiger partial charge in [-0.1, -0.05) is 24.3 Å². The number of rotatable bonds is 10. The number of carbonyl (C=O) groups is 2. The van der Waals surface area contributed by atoms with Crippen molar-refractivity contribution in [2.75, 3.05) is 56.2 Å². The van der Waals surface area contributed by atoms with Crippen molar-refractivity contribution >= 4 is 23.6 Å². The fraction of sp³-hybridized carbons (Fsp3) is 0.379. The summed E-state index contributed by atoms with van der Waals surface area (Å²) >= 11 is 0. The molecule has 214 valence electrons. The van der Waals surface area contributed by atoms with Gasteiger partial charge in [-0.05, 0) is 42.8 Å². The van der Waals surface area contributed by atoms with Crippen LogP contribution < -0.4 is 30.3 Å². The first kappa shape index (κ1) is 26.9. The predicted octanol–water partition coefficient (Wildman–Crippen LogP) is 2.35. The number of anilines is 2. The lowest BCUT2D eigenvalue weighted by Crippen LogP contribution is -2.41. The van der Waals surface area contributed by atoms with Crippen molar-refractivity contribution in [3.05, 3.63) is 60.2 Å². The van der Waals surface area contributed by atoms with Gasteiger partial charge in [-0.25, -0.2) is 14.8 Å². The molecule has 0 spiro atoms. The van der Waals surface area contributed by atoms with Crippen LogP contribution in [-0.2, 0) is 20.8 Å². The molecule has 2 amide bonds. The molecule has 3 N–H and O–H groups in total. The lowest BCUT2D eigenvalue weighted by Gasteiger charge is -2.23. The minimum atomic E-state index is -0.458. The highest BCUT2D eigenvalue weighted by molar-refractivity contribution is 5.95. The van der Waals surface area contributed by atoms with E-state index in [1.54, 1.807) is 12.1 Å². The molecule has 3 aliphatic heterocycles. The molecular weight excluding hydrogens is 528 g/mol. The second kappa shape index (κ2) is 12.5. The largest absolute Gasteiger partial charge is 0.480 e. The van der Waals surface area contributed by atoms with Crippen molar-refractivity contribution in [1.82, 2.24) is 20.6 Å². The van der Waals surface area contributed by atoms with E-state index >= 15 is 0 Å². The molecular formula is C29H32N6O6. The van der Waals surface area contributed by atoms with Gasteiger partial charge in [0.1, 0.15) is 24.6 Å². The van der Waals surface area contributed by atoms with Gasteiger partial charge >= 0.3 is 6.09 Å². The number of nitrogens with zero attached hydrogens (tertiary/aromatic N) is 3. The number of carbonyl (C=O) groups excluding carboxylic acids is 2. The van der Waals surface area contributed by atoms with Crippen LogP contribution in [0.15, 0.2) is 54.6 Å². The number of hydrogen-bond donors (Lipinski definition) is 3. The number of aromatic nitrogens is 2. The van der Waals surface area contributed by atoms with Crippen molar-refractivity contribution in [1.29, 1.82) is 0 Å². The van der Waals surface area contributed by atoms with Crippen LogP contribution in [0.1, 0.15) is 12.0 Å². The van der Waals surface area contributed by atoms with Crippen LogP contribution in [0.2, 0.25) is 0 Å². The Labute approximate surface area is 237 Å². The first-order valence-corrected chi connectivity index (χ1v) is 13.7. The quantitative estimate of drug-likeness (QED) is 0.317. The fourth-order valence-electron chi connectivity index (χ4n) is 4.86. The minimum Gasteiger partial charge on any atom is -0.480 e. The van der Waals surface area contributed by atoms with E-state index in [4.69, 9.17) is 18.9 Å². The maximum absolute atomic E-state index is 12.5. The van der Waals surface area contributed by atoms with Crippen LogP contribution in [-0.4, -0.2) is 80.2 Å². The van der Waals surface area contributed by atoms with Gasteiger partial charge in [0, 0.05) is 31.3 Å². The molecule has 0 bridgehead atoms. The Kier molecular flexibility index (Phi) is 8.21. The highest BCUT2D eigenvalue weighted by Gasteiger charge is 2.33. The average molecular weight is 561 g/mol. The molecule has 2 fully saturated rings. The van der Waals surface area contributed by atoms with Gasteiger partial charge in [0.05, 0.1) is 18.8 Å².